The van der Waals surface area contributed by atoms with Crippen LogP contribution in [-0.4, -0.2) is 6.61 Å². The molecular formula is C15H10Cl3IO. The molecule has 1 unspecified atom stereocenters. The van der Waals surface area contributed by atoms with E-state index in [1.807, 2.05) is 30.3 Å². The van der Waals surface area contributed by atoms with Crippen LogP contribution < -0.4 is 4.74 Å². The number of ether oxygens (including phenoxy) is 1. The van der Waals surface area contributed by atoms with Gasteiger partial charge < -0.3 is 4.74 Å². The average molecular weight is 440 g/mol. The van der Waals surface area contributed by atoms with Crippen molar-refractivity contribution in [1.82, 2.24) is 0 Å². The van der Waals surface area contributed by atoms with E-state index < -0.39 is 0 Å². The fourth-order valence-corrected chi connectivity index (χ4v) is 3.97. The van der Waals surface area contributed by atoms with Crippen molar-refractivity contribution >= 4 is 57.4 Å². The van der Waals surface area contributed by atoms with Gasteiger partial charge in [0.1, 0.15) is 5.75 Å². The van der Waals surface area contributed by atoms with Crippen molar-refractivity contribution in [2.75, 3.05) is 6.61 Å². The van der Waals surface area contributed by atoms with E-state index in [1.54, 1.807) is 0 Å². The van der Waals surface area contributed by atoms with Gasteiger partial charge in [0.05, 0.1) is 12.0 Å². The molecule has 0 bridgehead atoms. The molecule has 0 aromatic heterocycles. The maximum absolute atomic E-state index is 6.66. The van der Waals surface area contributed by atoms with Crippen molar-refractivity contribution in [2.24, 2.45) is 0 Å². The van der Waals surface area contributed by atoms with Crippen LogP contribution in [0.5, 0.6) is 5.75 Å². The molecule has 0 fully saturated rings. The van der Waals surface area contributed by atoms with Gasteiger partial charge in [0.25, 0.3) is 0 Å². The van der Waals surface area contributed by atoms with Gasteiger partial charge in [0.15, 0.2) is 0 Å². The van der Waals surface area contributed by atoms with Crippen LogP contribution in [0.15, 0.2) is 30.3 Å². The summed E-state index contributed by atoms with van der Waals surface area (Å²) in [5.74, 6) is 0.866. The van der Waals surface area contributed by atoms with Crippen LogP contribution in [-0.2, 0) is 6.42 Å². The standard InChI is InChI=1S/C15H10Cl3IO/c16-9-1-2-13(19)11(6-9)14(18)12-7-10(17)5-8-3-4-20-15(8)12/h1-2,5-7,14H,3-4H2. The lowest BCUT2D eigenvalue weighted by molar-refractivity contribution is 0.353. The molecule has 0 spiro atoms. The summed E-state index contributed by atoms with van der Waals surface area (Å²) >= 11 is 21.2. The van der Waals surface area contributed by atoms with Crippen molar-refractivity contribution in [1.29, 1.82) is 0 Å². The molecule has 1 aliphatic rings. The number of fused-ring (bicyclic) bond motifs is 1. The number of alkyl halides is 1. The highest BCUT2D eigenvalue weighted by atomic mass is 127. The highest BCUT2D eigenvalue weighted by Crippen LogP contribution is 2.42. The zero-order valence-corrected chi connectivity index (χ0v) is 14.7. The van der Waals surface area contributed by atoms with Gasteiger partial charge in [0.2, 0.25) is 0 Å². The molecule has 0 saturated carbocycles. The van der Waals surface area contributed by atoms with E-state index in [4.69, 9.17) is 39.5 Å². The molecule has 1 heterocycles. The fraction of sp³-hybridized carbons (Fsp3) is 0.200. The van der Waals surface area contributed by atoms with E-state index in [-0.39, 0.29) is 5.38 Å². The summed E-state index contributed by atoms with van der Waals surface area (Å²) in [7, 11) is 0. The Bertz CT molecular complexity index is 672. The molecule has 0 N–H and O–H groups in total. The van der Waals surface area contributed by atoms with E-state index in [2.05, 4.69) is 22.6 Å². The maximum Gasteiger partial charge on any atom is 0.127 e. The molecule has 1 nitrogen and oxygen atoms in total. The third kappa shape index (κ3) is 2.76. The molecule has 0 aliphatic carbocycles. The summed E-state index contributed by atoms with van der Waals surface area (Å²) in [5.41, 5.74) is 3.00. The predicted octanol–water partition coefficient (Wildman–Crippen LogP) is 5.86. The normalized spacial score (nSPS) is 14.8. The first-order chi connectivity index (χ1) is 9.56. The van der Waals surface area contributed by atoms with Crippen molar-refractivity contribution < 1.29 is 4.74 Å². The third-order valence-electron chi connectivity index (χ3n) is 3.28. The van der Waals surface area contributed by atoms with Crippen LogP contribution in [0.25, 0.3) is 0 Å². The third-order valence-corrected chi connectivity index (χ3v) is 5.19. The lowest BCUT2D eigenvalue weighted by atomic mass is 10.0. The Morgan fingerprint density at radius 3 is 2.60 bits per heavy atom. The number of benzene rings is 2. The van der Waals surface area contributed by atoms with Gasteiger partial charge in [-0.2, -0.15) is 0 Å². The van der Waals surface area contributed by atoms with Gasteiger partial charge in [-0.3, -0.25) is 0 Å². The topological polar surface area (TPSA) is 9.23 Å². The summed E-state index contributed by atoms with van der Waals surface area (Å²) in [6.07, 6.45) is 0.874. The van der Waals surface area contributed by atoms with Gasteiger partial charge in [-0.1, -0.05) is 23.2 Å². The Morgan fingerprint density at radius 1 is 1.05 bits per heavy atom. The maximum atomic E-state index is 6.66. The molecule has 3 rings (SSSR count). The Morgan fingerprint density at radius 2 is 1.80 bits per heavy atom. The number of halogens is 4. The molecule has 0 saturated heterocycles. The Hall–Kier alpha value is -0.160. The molecule has 2 aromatic rings. The molecule has 1 aliphatic heterocycles. The fourth-order valence-electron chi connectivity index (χ4n) is 2.36. The summed E-state index contributed by atoms with van der Waals surface area (Å²) in [6, 6.07) is 9.53. The predicted molar refractivity (Wildman–Crippen MR) is 92.5 cm³/mol. The van der Waals surface area contributed by atoms with Crippen LogP contribution in [0.2, 0.25) is 10.0 Å². The van der Waals surface area contributed by atoms with Crippen LogP contribution >= 0.6 is 57.4 Å². The monoisotopic (exact) mass is 438 g/mol. The van der Waals surface area contributed by atoms with Crippen LogP contribution in [0.4, 0.5) is 0 Å². The summed E-state index contributed by atoms with van der Waals surface area (Å²) < 4.78 is 6.79. The van der Waals surface area contributed by atoms with Gasteiger partial charge in [-0.15, -0.1) is 11.6 Å². The Kier molecular flexibility index (Phi) is 4.37. The highest BCUT2D eigenvalue weighted by Gasteiger charge is 2.24. The van der Waals surface area contributed by atoms with Crippen molar-refractivity contribution in [3.63, 3.8) is 0 Å². The first-order valence-corrected chi connectivity index (χ1v) is 8.37. The van der Waals surface area contributed by atoms with Crippen molar-refractivity contribution in [3.8, 4) is 5.75 Å². The van der Waals surface area contributed by atoms with Gasteiger partial charge in [-0.05, 0) is 64.0 Å². The van der Waals surface area contributed by atoms with Crippen LogP contribution in [0, 0.1) is 3.57 Å². The molecule has 0 amide bonds. The average Bonchev–Trinajstić information content (AvgIpc) is 2.87. The van der Waals surface area contributed by atoms with E-state index in [9.17, 15) is 0 Å². The second-order valence-electron chi connectivity index (χ2n) is 4.61. The Labute approximate surface area is 146 Å². The van der Waals surface area contributed by atoms with Gasteiger partial charge >= 0.3 is 0 Å². The second-order valence-corrected chi connectivity index (χ2v) is 7.08. The molecule has 104 valence electrons. The smallest absolute Gasteiger partial charge is 0.127 e. The van der Waals surface area contributed by atoms with Crippen LogP contribution in [0.1, 0.15) is 22.1 Å². The Balaban J connectivity index is 2.11. The number of hydrogen-bond donors (Lipinski definition) is 0. The molecule has 1 atom stereocenters. The van der Waals surface area contributed by atoms with E-state index in [0.717, 1.165) is 32.4 Å². The zero-order chi connectivity index (χ0) is 14.3. The van der Waals surface area contributed by atoms with Crippen molar-refractivity contribution in [2.45, 2.75) is 11.8 Å². The first-order valence-electron chi connectivity index (χ1n) is 6.10. The minimum Gasteiger partial charge on any atom is -0.493 e. The minimum absolute atomic E-state index is 0.328. The summed E-state index contributed by atoms with van der Waals surface area (Å²) in [5, 5.41) is 1.03. The van der Waals surface area contributed by atoms with E-state index in [1.165, 1.54) is 0 Å². The molecule has 20 heavy (non-hydrogen) atoms. The zero-order valence-electron chi connectivity index (χ0n) is 10.3. The van der Waals surface area contributed by atoms with Crippen LogP contribution in [0.3, 0.4) is 0 Å². The number of hydrogen-bond acceptors (Lipinski definition) is 1. The van der Waals surface area contributed by atoms with E-state index >= 15 is 0 Å². The molecule has 5 heteroatoms. The highest BCUT2D eigenvalue weighted by molar-refractivity contribution is 14.1. The van der Waals surface area contributed by atoms with Gasteiger partial charge in [0, 0.05) is 25.6 Å². The van der Waals surface area contributed by atoms with Gasteiger partial charge in [-0.25, -0.2) is 0 Å². The lowest BCUT2D eigenvalue weighted by Crippen LogP contribution is -1.99. The quantitative estimate of drug-likeness (QED) is 0.421. The largest absolute Gasteiger partial charge is 0.493 e. The second kappa shape index (κ2) is 5.91. The minimum atomic E-state index is -0.328. The number of rotatable bonds is 2. The SMILES string of the molecule is Clc1ccc(I)c(C(Cl)c2cc(Cl)cc3c2OCC3)c1. The summed E-state index contributed by atoms with van der Waals surface area (Å²) in [6.45, 7) is 0.679. The van der Waals surface area contributed by atoms with Crippen molar-refractivity contribution in [3.05, 3.63) is 60.6 Å². The molecule has 2 aromatic carbocycles. The lowest BCUT2D eigenvalue weighted by Gasteiger charge is -2.16. The first kappa shape index (κ1) is 14.8. The molecule has 0 radical (unpaired) electrons. The molecular weight excluding hydrogens is 429 g/mol. The summed E-state index contributed by atoms with van der Waals surface area (Å²) in [4.78, 5) is 0. The van der Waals surface area contributed by atoms with E-state index in [0.29, 0.717) is 16.7 Å².